The van der Waals surface area contributed by atoms with Crippen LogP contribution in [0.15, 0.2) is 0 Å². The van der Waals surface area contributed by atoms with Gasteiger partial charge in [0, 0.05) is 31.2 Å². The van der Waals surface area contributed by atoms with Crippen molar-refractivity contribution >= 4 is 0 Å². The molecule has 0 bridgehead atoms. The van der Waals surface area contributed by atoms with E-state index in [1.807, 2.05) is 0 Å². The summed E-state index contributed by atoms with van der Waals surface area (Å²) in [6.07, 6.45) is 6.76. The molecule has 3 nitrogen and oxygen atoms in total. The molecule has 2 aliphatic rings. The van der Waals surface area contributed by atoms with Crippen molar-refractivity contribution in [2.45, 2.75) is 64.1 Å². The number of hydrogen-bond donors (Lipinski definition) is 1. The van der Waals surface area contributed by atoms with Gasteiger partial charge in [0.1, 0.15) is 0 Å². The second-order valence-corrected chi connectivity index (χ2v) is 6.66. The van der Waals surface area contributed by atoms with Crippen LogP contribution >= 0.6 is 0 Å². The van der Waals surface area contributed by atoms with Crippen LogP contribution in [0.5, 0.6) is 0 Å². The normalized spacial score (nSPS) is 29.4. The number of nitrogens with zero attached hydrogens (tertiary/aromatic N) is 2. The molecule has 2 fully saturated rings. The lowest BCUT2D eigenvalue weighted by molar-refractivity contribution is 0.185. The minimum absolute atomic E-state index is 0.686. The van der Waals surface area contributed by atoms with Crippen molar-refractivity contribution in [3.63, 3.8) is 0 Å². The Kier molecular flexibility index (Phi) is 5.67. The Hall–Kier alpha value is -0.120. The molecule has 0 radical (unpaired) electrons. The highest BCUT2D eigenvalue weighted by molar-refractivity contribution is 4.96. The van der Waals surface area contributed by atoms with Gasteiger partial charge in [-0.25, -0.2) is 0 Å². The molecule has 2 aliphatic heterocycles. The van der Waals surface area contributed by atoms with Crippen LogP contribution in [0.1, 0.15) is 46.0 Å². The molecule has 2 rings (SSSR count). The Bertz CT molecular complexity index is 263. The van der Waals surface area contributed by atoms with Gasteiger partial charge >= 0.3 is 0 Å². The fraction of sp³-hybridized carbons (Fsp3) is 1.00. The fourth-order valence-corrected chi connectivity index (χ4v) is 4.20. The number of nitrogens with one attached hydrogen (secondary N) is 1. The molecule has 0 spiro atoms. The topological polar surface area (TPSA) is 18.5 Å². The van der Waals surface area contributed by atoms with Crippen LogP contribution in [0.4, 0.5) is 0 Å². The van der Waals surface area contributed by atoms with Crippen LogP contribution in [-0.4, -0.2) is 61.7 Å². The van der Waals surface area contributed by atoms with E-state index in [4.69, 9.17) is 0 Å². The molecule has 0 saturated carbocycles. The van der Waals surface area contributed by atoms with E-state index in [1.54, 1.807) is 0 Å². The van der Waals surface area contributed by atoms with E-state index in [-0.39, 0.29) is 0 Å². The summed E-state index contributed by atoms with van der Waals surface area (Å²) in [5.41, 5.74) is 0. The minimum atomic E-state index is 0.686. The van der Waals surface area contributed by atoms with Crippen molar-refractivity contribution in [1.29, 1.82) is 0 Å². The highest BCUT2D eigenvalue weighted by atomic mass is 15.2. The van der Waals surface area contributed by atoms with Crippen molar-refractivity contribution in [1.82, 2.24) is 15.1 Å². The van der Waals surface area contributed by atoms with Gasteiger partial charge in [0.15, 0.2) is 0 Å². The van der Waals surface area contributed by atoms with Crippen molar-refractivity contribution in [2.75, 3.05) is 33.7 Å². The van der Waals surface area contributed by atoms with Gasteiger partial charge < -0.3 is 10.2 Å². The lowest BCUT2D eigenvalue weighted by Gasteiger charge is -2.33. The molecule has 1 N–H and O–H groups in total. The van der Waals surface area contributed by atoms with Crippen molar-refractivity contribution in [2.24, 2.45) is 5.92 Å². The van der Waals surface area contributed by atoms with Crippen molar-refractivity contribution in [3.8, 4) is 0 Å². The van der Waals surface area contributed by atoms with E-state index in [0.29, 0.717) is 6.04 Å². The minimum Gasteiger partial charge on any atom is -0.311 e. The van der Waals surface area contributed by atoms with Gasteiger partial charge in [-0.2, -0.15) is 0 Å². The first kappa shape index (κ1) is 15.3. The molecule has 0 aromatic heterocycles. The molecular weight excluding hydrogens is 234 g/mol. The molecule has 0 aromatic rings. The molecule has 112 valence electrons. The zero-order valence-electron chi connectivity index (χ0n) is 13.4. The average molecular weight is 267 g/mol. The Balaban J connectivity index is 1.85. The number of fused-ring (bicyclic) bond motifs is 1. The molecule has 0 aromatic carbocycles. The van der Waals surface area contributed by atoms with E-state index in [2.05, 4.69) is 43.1 Å². The van der Waals surface area contributed by atoms with Crippen LogP contribution in [-0.2, 0) is 0 Å². The van der Waals surface area contributed by atoms with E-state index < -0.39 is 0 Å². The molecule has 0 aliphatic carbocycles. The summed E-state index contributed by atoms with van der Waals surface area (Å²) < 4.78 is 0. The second kappa shape index (κ2) is 7.05. The average Bonchev–Trinajstić information content (AvgIpc) is 2.97. The molecule has 19 heavy (non-hydrogen) atoms. The highest BCUT2D eigenvalue weighted by Gasteiger charge is 2.37. The molecule has 3 heteroatoms. The van der Waals surface area contributed by atoms with Gasteiger partial charge in [-0.3, -0.25) is 4.90 Å². The number of hydrogen-bond acceptors (Lipinski definition) is 3. The number of likely N-dealkylation sites (N-methyl/N-ethyl adjacent to an activating group) is 1. The zero-order valence-corrected chi connectivity index (χ0v) is 13.4. The van der Waals surface area contributed by atoms with Crippen LogP contribution in [0.25, 0.3) is 0 Å². The first-order valence-corrected chi connectivity index (χ1v) is 8.31. The van der Waals surface area contributed by atoms with Crippen LogP contribution in [0.2, 0.25) is 0 Å². The SMILES string of the molecule is CCC(CC)C(CNC1CCN2CCCC12)N(C)C. The Morgan fingerprint density at radius 1 is 1.16 bits per heavy atom. The van der Waals surface area contributed by atoms with Gasteiger partial charge in [0.05, 0.1) is 0 Å². The molecule has 3 unspecified atom stereocenters. The zero-order chi connectivity index (χ0) is 13.8. The Morgan fingerprint density at radius 2 is 1.89 bits per heavy atom. The fourth-order valence-electron chi connectivity index (χ4n) is 4.20. The lowest BCUT2D eigenvalue weighted by atomic mass is 9.92. The summed E-state index contributed by atoms with van der Waals surface area (Å²) in [5, 5.41) is 3.90. The van der Waals surface area contributed by atoms with Crippen LogP contribution < -0.4 is 5.32 Å². The molecule has 3 atom stereocenters. The molecule has 0 amide bonds. The molecule has 2 saturated heterocycles. The smallest absolute Gasteiger partial charge is 0.0250 e. The first-order chi connectivity index (χ1) is 9.17. The molecule has 2 heterocycles. The first-order valence-electron chi connectivity index (χ1n) is 8.31. The predicted molar refractivity (Wildman–Crippen MR) is 82.5 cm³/mol. The standard InChI is InChI=1S/C16H33N3/c1-5-13(6-2)16(18(3)4)12-17-14-9-11-19-10-7-8-15(14)19/h13-17H,5-12H2,1-4H3. The van der Waals surface area contributed by atoms with Crippen molar-refractivity contribution in [3.05, 3.63) is 0 Å². The third-order valence-electron chi connectivity index (χ3n) is 5.45. The summed E-state index contributed by atoms with van der Waals surface area (Å²) >= 11 is 0. The monoisotopic (exact) mass is 267 g/mol. The third kappa shape index (κ3) is 3.50. The van der Waals surface area contributed by atoms with Gasteiger partial charge in [0.2, 0.25) is 0 Å². The van der Waals surface area contributed by atoms with E-state index in [0.717, 1.165) is 24.5 Å². The number of rotatable bonds is 7. The third-order valence-corrected chi connectivity index (χ3v) is 5.45. The summed E-state index contributed by atoms with van der Waals surface area (Å²) in [4.78, 5) is 5.12. The maximum atomic E-state index is 3.90. The largest absolute Gasteiger partial charge is 0.311 e. The van der Waals surface area contributed by atoms with E-state index in [9.17, 15) is 0 Å². The lowest BCUT2D eigenvalue weighted by Crippen LogP contribution is -2.48. The maximum absolute atomic E-state index is 3.90. The predicted octanol–water partition coefficient (Wildman–Crippen LogP) is 2.18. The van der Waals surface area contributed by atoms with E-state index >= 15 is 0 Å². The Morgan fingerprint density at radius 3 is 2.53 bits per heavy atom. The quantitative estimate of drug-likeness (QED) is 0.763. The Labute approximate surface area is 119 Å². The summed E-state index contributed by atoms with van der Waals surface area (Å²) in [6.45, 7) is 8.48. The van der Waals surface area contributed by atoms with Gasteiger partial charge in [-0.05, 0) is 45.8 Å². The summed E-state index contributed by atoms with van der Waals surface area (Å²) in [5.74, 6) is 0.823. The molecular formula is C16H33N3. The van der Waals surface area contributed by atoms with Crippen LogP contribution in [0, 0.1) is 5.92 Å². The maximum Gasteiger partial charge on any atom is 0.0250 e. The van der Waals surface area contributed by atoms with Gasteiger partial charge in [0.25, 0.3) is 0 Å². The van der Waals surface area contributed by atoms with Crippen LogP contribution in [0.3, 0.4) is 0 Å². The van der Waals surface area contributed by atoms with Gasteiger partial charge in [-0.1, -0.05) is 26.7 Å². The second-order valence-electron chi connectivity index (χ2n) is 6.66. The van der Waals surface area contributed by atoms with E-state index in [1.165, 1.54) is 45.2 Å². The summed E-state index contributed by atoms with van der Waals surface area (Å²) in [6, 6.07) is 2.27. The van der Waals surface area contributed by atoms with Gasteiger partial charge in [-0.15, -0.1) is 0 Å². The van der Waals surface area contributed by atoms with Crippen molar-refractivity contribution < 1.29 is 0 Å². The summed E-state index contributed by atoms with van der Waals surface area (Å²) in [7, 11) is 4.47. The highest BCUT2D eigenvalue weighted by Crippen LogP contribution is 2.28.